The summed E-state index contributed by atoms with van der Waals surface area (Å²) in [7, 11) is 0. The third-order valence-corrected chi connectivity index (χ3v) is 4.47. The molecule has 0 saturated heterocycles. The summed E-state index contributed by atoms with van der Waals surface area (Å²) in [5, 5.41) is 12.9. The molecule has 4 N–H and O–H groups in total. The van der Waals surface area contributed by atoms with Crippen LogP contribution in [0.25, 0.3) is 0 Å². The second-order valence-electron chi connectivity index (χ2n) is 6.16. The van der Waals surface area contributed by atoms with E-state index in [0.717, 1.165) is 6.07 Å². The molecule has 0 radical (unpaired) electrons. The first kappa shape index (κ1) is 16.0. The smallest absolute Gasteiger partial charge is 0.218 e. The lowest BCUT2D eigenvalue weighted by Gasteiger charge is -2.30. The van der Waals surface area contributed by atoms with Gasteiger partial charge in [0, 0.05) is 23.6 Å². The molecule has 3 rings (SSSR count). The number of phenolic OH excluding ortho intramolecular Hbond substituents is 1. The van der Waals surface area contributed by atoms with Gasteiger partial charge in [-0.15, -0.1) is 0 Å². The summed E-state index contributed by atoms with van der Waals surface area (Å²) in [5.41, 5.74) is 5.67. The number of amides is 1. The van der Waals surface area contributed by atoms with Crippen LogP contribution in [-0.2, 0) is 4.79 Å². The third kappa shape index (κ3) is 2.60. The molecule has 1 amide bonds. The number of fused-ring (bicyclic) bond motifs is 1. The van der Waals surface area contributed by atoms with Crippen LogP contribution in [0.4, 0.5) is 10.1 Å². The fraction of sp³-hybridized carbons (Fsp3) is 0.222. The van der Waals surface area contributed by atoms with Crippen LogP contribution in [0.5, 0.6) is 5.75 Å². The van der Waals surface area contributed by atoms with Crippen molar-refractivity contribution in [3.63, 3.8) is 0 Å². The Kier molecular flexibility index (Phi) is 3.75. The molecule has 2 unspecified atom stereocenters. The Morgan fingerprint density at radius 3 is 2.71 bits per heavy atom. The number of benzene rings is 2. The van der Waals surface area contributed by atoms with Gasteiger partial charge in [0.2, 0.25) is 5.91 Å². The van der Waals surface area contributed by atoms with Crippen molar-refractivity contribution in [3.05, 3.63) is 59.4 Å². The number of hydrogen-bond acceptors (Lipinski definition) is 4. The average molecular weight is 328 g/mol. The van der Waals surface area contributed by atoms with Crippen LogP contribution in [0.1, 0.15) is 35.2 Å². The SMILES string of the molecule is CC1(C(=O)c2cccc(F)c2)Nc2ccc(O)cc2C1CC(N)=O. The van der Waals surface area contributed by atoms with Gasteiger partial charge in [-0.2, -0.15) is 0 Å². The minimum absolute atomic E-state index is 0.0347. The molecule has 0 bridgehead atoms. The van der Waals surface area contributed by atoms with Crippen LogP contribution in [0.15, 0.2) is 42.5 Å². The van der Waals surface area contributed by atoms with Crippen molar-refractivity contribution in [1.29, 1.82) is 0 Å². The second-order valence-corrected chi connectivity index (χ2v) is 6.16. The van der Waals surface area contributed by atoms with Gasteiger partial charge in [-0.05, 0) is 42.8 Å². The number of carbonyl (C=O) groups is 2. The van der Waals surface area contributed by atoms with Crippen molar-refractivity contribution in [2.24, 2.45) is 5.73 Å². The van der Waals surface area contributed by atoms with Crippen LogP contribution in [0, 0.1) is 5.82 Å². The Morgan fingerprint density at radius 2 is 2.04 bits per heavy atom. The van der Waals surface area contributed by atoms with E-state index in [1.807, 2.05) is 0 Å². The van der Waals surface area contributed by atoms with Crippen LogP contribution >= 0.6 is 0 Å². The molecule has 0 spiro atoms. The maximum absolute atomic E-state index is 13.5. The summed E-state index contributed by atoms with van der Waals surface area (Å²) in [6.45, 7) is 1.66. The summed E-state index contributed by atoms with van der Waals surface area (Å²) >= 11 is 0. The van der Waals surface area contributed by atoms with Gasteiger partial charge in [-0.3, -0.25) is 9.59 Å². The first-order valence-corrected chi connectivity index (χ1v) is 7.51. The van der Waals surface area contributed by atoms with Gasteiger partial charge in [0.15, 0.2) is 5.78 Å². The second kappa shape index (κ2) is 5.63. The highest BCUT2D eigenvalue weighted by Crippen LogP contribution is 2.47. The quantitative estimate of drug-likeness (QED) is 0.594. The zero-order valence-corrected chi connectivity index (χ0v) is 13.0. The number of phenols is 1. The van der Waals surface area contributed by atoms with E-state index in [1.165, 1.54) is 30.3 Å². The zero-order chi connectivity index (χ0) is 17.5. The van der Waals surface area contributed by atoms with Gasteiger partial charge in [0.25, 0.3) is 0 Å². The number of nitrogens with two attached hydrogens (primary N) is 1. The average Bonchev–Trinajstić information content (AvgIpc) is 2.79. The minimum Gasteiger partial charge on any atom is -0.508 e. The van der Waals surface area contributed by atoms with Gasteiger partial charge < -0.3 is 16.2 Å². The van der Waals surface area contributed by atoms with Crippen LogP contribution in [-0.4, -0.2) is 22.3 Å². The van der Waals surface area contributed by atoms with Crippen molar-refractivity contribution in [2.75, 3.05) is 5.32 Å². The van der Waals surface area contributed by atoms with Crippen molar-refractivity contribution >= 4 is 17.4 Å². The molecule has 0 aromatic heterocycles. The molecule has 0 aliphatic carbocycles. The highest BCUT2D eigenvalue weighted by atomic mass is 19.1. The van der Waals surface area contributed by atoms with Gasteiger partial charge in [0.05, 0.1) is 0 Å². The number of nitrogens with one attached hydrogen (secondary N) is 1. The number of rotatable bonds is 4. The van der Waals surface area contributed by atoms with Crippen molar-refractivity contribution in [3.8, 4) is 5.75 Å². The molecule has 124 valence electrons. The number of halogens is 1. The predicted octanol–water partition coefficient (Wildman–Crippen LogP) is 2.56. The molecule has 5 nitrogen and oxygen atoms in total. The van der Waals surface area contributed by atoms with E-state index >= 15 is 0 Å². The summed E-state index contributed by atoms with van der Waals surface area (Å²) in [4.78, 5) is 24.5. The fourth-order valence-corrected chi connectivity index (χ4v) is 3.29. The molecule has 0 fully saturated rings. The molecule has 1 aliphatic rings. The fourth-order valence-electron chi connectivity index (χ4n) is 3.29. The first-order chi connectivity index (χ1) is 11.3. The zero-order valence-electron chi connectivity index (χ0n) is 13.0. The first-order valence-electron chi connectivity index (χ1n) is 7.51. The lowest BCUT2D eigenvalue weighted by molar-refractivity contribution is -0.118. The number of primary amides is 1. The van der Waals surface area contributed by atoms with E-state index in [0.29, 0.717) is 11.3 Å². The highest BCUT2D eigenvalue weighted by molar-refractivity contribution is 6.07. The number of ketones is 1. The Balaban J connectivity index is 2.07. The molecule has 2 atom stereocenters. The Morgan fingerprint density at radius 1 is 1.29 bits per heavy atom. The standard InChI is InChI=1S/C18H17FN2O3/c1-18(17(24)10-3-2-4-11(19)7-10)14(9-16(20)23)13-8-12(22)5-6-15(13)21-18/h2-8,14,21-22H,9H2,1H3,(H2,20,23). The van der Waals surface area contributed by atoms with Crippen molar-refractivity contribution in [2.45, 2.75) is 24.8 Å². The normalized spacial score (nSPS) is 21.8. The van der Waals surface area contributed by atoms with Crippen LogP contribution in [0.2, 0.25) is 0 Å². The minimum atomic E-state index is -1.17. The maximum atomic E-state index is 13.5. The summed E-state index contributed by atoms with van der Waals surface area (Å²) in [5.74, 6) is -1.94. The van der Waals surface area contributed by atoms with E-state index in [4.69, 9.17) is 5.73 Å². The molecular weight excluding hydrogens is 311 g/mol. The molecule has 1 aliphatic heterocycles. The number of hydrogen-bond donors (Lipinski definition) is 3. The van der Waals surface area contributed by atoms with E-state index in [9.17, 15) is 19.1 Å². The number of aromatic hydroxyl groups is 1. The molecular formula is C18H17FN2O3. The molecule has 6 heteroatoms. The Labute approximate surface area is 138 Å². The van der Waals surface area contributed by atoms with Crippen LogP contribution in [0.3, 0.4) is 0 Å². The van der Waals surface area contributed by atoms with Gasteiger partial charge >= 0.3 is 0 Å². The van der Waals surface area contributed by atoms with E-state index in [1.54, 1.807) is 13.0 Å². The van der Waals surface area contributed by atoms with Gasteiger partial charge in [0.1, 0.15) is 17.1 Å². The molecule has 2 aromatic carbocycles. The maximum Gasteiger partial charge on any atom is 0.218 e. The van der Waals surface area contributed by atoms with Gasteiger partial charge in [-0.25, -0.2) is 4.39 Å². The predicted molar refractivity (Wildman–Crippen MR) is 87.4 cm³/mol. The van der Waals surface area contributed by atoms with Gasteiger partial charge in [-0.1, -0.05) is 12.1 Å². The molecule has 24 heavy (non-hydrogen) atoms. The molecule has 1 heterocycles. The third-order valence-electron chi connectivity index (χ3n) is 4.47. The number of Topliss-reactive ketones (excluding diaryl/α,β-unsaturated/α-hetero) is 1. The monoisotopic (exact) mass is 328 g/mol. The molecule has 2 aromatic rings. The Hall–Kier alpha value is -2.89. The van der Waals surface area contributed by atoms with Crippen LogP contribution < -0.4 is 11.1 Å². The summed E-state index contributed by atoms with van der Waals surface area (Å²) < 4.78 is 13.5. The number of carbonyl (C=O) groups excluding carboxylic acids is 2. The molecule has 0 saturated carbocycles. The van der Waals surface area contributed by atoms with E-state index in [-0.39, 0.29) is 23.5 Å². The van der Waals surface area contributed by atoms with E-state index < -0.39 is 23.2 Å². The van der Waals surface area contributed by atoms with Crippen molar-refractivity contribution < 1.29 is 19.1 Å². The van der Waals surface area contributed by atoms with Crippen molar-refractivity contribution in [1.82, 2.24) is 0 Å². The highest BCUT2D eigenvalue weighted by Gasteiger charge is 2.48. The topological polar surface area (TPSA) is 92.4 Å². The lowest BCUT2D eigenvalue weighted by Crippen LogP contribution is -2.46. The largest absolute Gasteiger partial charge is 0.508 e. The summed E-state index contributed by atoms with van der Waals surface area (Å²) in [6, 6.07) is 10.1. The summed E-state index contributed by atoms with van der Waals surface area (Å²) in [6.07, 6.45) is -0.0684. The lowest BCUT2D eigenvalue weighted by atomic mass is 9.77. The Bertz CT molecular complexity index is 837. The number of anilines is 1. The van der Waals surface area contributed by atoms with E-state index in [2.05, 4.69) is 5.32 Å².